The number of anilines is 1. The third-order valence-electron chi connectivity index (χ3n) is 2.70. The summed E-state index contributed by atoms with van der Waals surface area (Å²) >= 11 is 0. The smallest absolute Gasteiger partial charge is 0.433 e. The van der Waals surface area contributed by atoms with Crippen LogP contribution in [0.5, 0.6) is 11.5 Å². The van der Waals surface area contributed by atoms with Gasteiger partial charge >= 0.3 is 13.0 Å². The summed E-state index contributed by atoms with van der Waals surface area (Å²) in [6.45, 7) is -3.07. The Hall–Kier alpha value is -2.84. The van der Waals surface area contributed by atoms with Gasteiger partial charge in [-0.1, -0.05) is 12.1 Å². The zero-order valence-corrected chi connectivity index (χ0v) is 11.8. The Balaban J connectivity index is 2.10. The van der Waals surface area contributed by atoms with Crippen molar-refractivity contribution in [3.8, 4) is 11.5 Å². The molecule has 0 radical (unpaired) electrons. The van der Waals surface area contributed by atoms with E-state index in [-0.39, 0.29) is 17.0 Å². The number of amides is 1. The first kappa shape index (κ1) is 17.5. The number of benzene rings is 2. The maximum absolute atomic E-state index is 12.3. The second kappa shape index (κ2) is 7.16. The van der Waals surface area contributed by atoms with E-state index in [1.54, 1.807) is 0 Å². The molecule has 0 heterocycles. The SMILES string of the molecule is O=C(Nc1ccccc1OC(F)F)c1ccc(OC(F)(F)F)cc1. The molecule has 0 spiro atoms. The summed E-state index contributed by atoms with van der Waals surface area (Å²) in [7, 11) is 0. The molecule has 0 aliphatic carbocycles. The van der Waals surface area contributed by atoms with Crippen molar-refractivity contribution in [3.05, 3.63) is 54.1 Å². The lowest BCUT2D eigenvalue weighted by atomic mass is 10.2. The van der Waals surface area contributed by atoms with Crippen molar-refractivity contribution in [1.29, 1.82) is 0 Å². The number of carbonyl (C=O) groups excluding carboxylic acids is 1. The third kappa shape index (κ3) is 5.11. The lowest BCUT2D eigenvalue weighted by Crippen LogP contribution is -2.17. The van der Waals surface area contributed by atoms with E-state index >= 15 is 0 Å². The number of carbonyl (C=O) groups is 1. The van der Waals surface area contributed by atoms with Gasteiger partial charge in [0.05, 0.1) is 5.69 Å². The first-order valence-corrected chi connectivity index (χ1v) is 6.45. The van der Waals surface area contributed by atoms with Gasteiger partial charge in [0, 0.05) is 5.56 Å². The fourth-order valence-electron chi connectivity index (χ4n) is 1.77. The quantitative estimate of drug-likeness (QED) is 0.814. The Morgan fingerprint density at radius 3 is 2.21 bits per heavy atom. The average molecular weight is 347 g/mol. The van der Waals surface area contributed by atoms with E-state index < -0.39 is 24.6 Å². The molecule has 2 rings (SSSR count). The summed E-state index contributed by atoms with van der Waals surface area (Å²) in [5, 5.41) is 2.34. The second-order valence-electron chi connectivity index (χ2n) is 4.40. The van der Waals surface area contributed by atoms with Gasteiger partial charge in [-0.25, -0.2) is 0 Å². The molecule has 1 N–H and O–H groups in total. The monoisotopic (exact) mass is 347 g/mol. The lowest BCUT2D eigenvalue weighted by Gasteiger charge is -2.12. The number of hydrogen-bond donors (Lipinski definition) is 1. The topological polar surface area (TPSA) is 47.6 Å². The van der Waals surface area contributed by atoms with Gasteiger partial charge in [0.1, 0.15) is 11.5 Å². The Kier molecular flexibility index (Phi) is 5.22. The third-order valence-corrected chi connectivity index (χ3v) is 2.70. The molecule has 0 aliphatic heterocycles. The van der Waals surface area contributed by atoms with Crippen molar-refractivity contribution in [3.63, 3.8) is 0 Å². The summed E-state index contributed by atoms with van der Waals surface area (Å²) < 4.78 is 68.7. The van der Waals surface area contributed by atoms with E-state index in [1.807, 2.05) is 0 Å². The molecule has 0 aliphatic rings. The number of rotatable bonds is 5. The Bertz CT molecular complexity index is 701. The van der Waals surface area contributed by atoms with Gasteiger partial charge in [-0.15, -0.1) is 13.2 Å². The van der Waals surface area contributed by atoms with Gasteiger partial charge in [0.25, 0.3) is 5.91 Å². The summed E-state index contributed by atoms with van der Waals surface area (Å²) in [6.07, 6.45) is -4.84. The van der Waals surface area contributed by atoms with E-state index in [2.05, 4.69) is 14.8 Å². The van der Waals surface area contributed by atoms with Crippen LogP contribution in [-0.4, -0.2) is 18.9 Å². The fourth-order valence-corrected chi connectivity index (χ4v) is 1.77. The number of nitrogens with one attached hydrogen (secondary N) is 1. The molecule has 24 heavy (non-hydrogen) atoms. The number of hydrogen-bond acceptors (Lipinski definition) is 3. The average Bonchev–Trinajstić information content (AvgIpc) is 2.48. The minimum Gasteiger partial charge on any atom is -0.433 e. The maximum atomic E-state index is 12.3. The Morgan fingerprint density at radius 1 is 1.00 bits per heavy atom. The van der Waals surface area contributed by atoms with Crippen molar-refractivity contribution in [1.82, 2.24) is 0 Å². The normalized spacial score (nSPS) is 11.2. The van der Waals surface area contributed by atoms with Crippen LogP contribution in [0, 0.1) is 0 Å². The molecule has 2 aromatic rings. The van der Waals surface area contributed by atoms with Gasteiger partial charge in [-0.3, -0.25) is 4.79 Å². The minimum absolute atomic E-state index is 0.00146. The van der Waals surface area contributed by atoms with Gasteiger partial charge in [0.15, 0.2) is 0 Å². The van der Waals surface area contributed by atoms with Gasteiger partial charge in [-0.2, -0.15) is 8.78 Å². The van der Waals surface area contributed by atoms with Crippen molar-refractivity contribution < 1.29 is 36.2 Å². The highest BCUT2D eigenvalue weighted by Crippen LogP contribution is 2.27. The predicted octanol–water partition coefficient (Wildman–Crippen LogP) is 4.44. The molecule has 9 heteroatoms. The largest absolute Gasteiger partial charge is 0.573 e. The molecular formula is C15H10F5NO3. The maximum Gasteiger partial charge on any atom is 0.573 e. The molecule has 0 saturated heterocycles. The highest BCUT2D eigenvalue weighted by atomic mass is 19.4. The lowest BCUT2D eigenvalue weighted by molar-refractivity contribution is -0.274. The number of halogens is 5. The van der Waals surface area contributed by atoms with E-state index in [4.69, 9.17) is 0 Å². The zero-order chi connectivity index (χ0) is 17.7. The molecule has 0 bridgehead atoms. The number of para-hydroxylation sites is 2. The van der Waals surface area contributed by atoms with Crippen molar-refractivity contribution >= 4 is 11.6 Å². The van der Waals surface area contributed by atoms with Crippen LogP contribution >= 0.6 is 0 Å². The Morgan fingerprint density at radius 2 is 1.62 bits per heavy atom. The molecular weight excluding hydrogens is 337 g/mol. The van der Waals surface area contributed by atoms with Gasteiger partial charge < -0.3 is 14.8 Å². The van der Waals surface area contributed by atoms with E-state index in [0.717, 1.165) is 24.3 Å². The summed E-state index contributed by atoms with van der Waals surface area (Å²) in [4.78, 5) is 12.0. The molecule has 0 unspecified atom stereocenters. The van der Waals surface area contributed by atoms with Crippen LogP contribution in [0.1, 0.15) is 10.4 Å². The van der Waals surface area contributed by atoms with Crippen LogP contribution in [-0.2, 0) is 0 Å². The molecule has 0 saturated carbocycles. The van der Waals surface area contributed by atoms with Crippen LogP contribution in [0.25, 0.3) is 0 Å². The van der Waals surface area contributed by atoms with Crippen LogP contribution < -0.4 is 14.8 Å². The summed E-state index contributed by atoms with van der Waals surface area (Å²) in [5.74, 6) is -1.43. The van der Waals surface area contributed by atoms with E-state index in [9.17, 15) is 26.7 Å². The standard InChI is InChI=1S/C15H10F5NO3/c16-14(17)23-12-4-2-1-3-11(12)21-13(22)9-5-7-10(8-6-9)24-15(18,19)20/h1-8,14H,(H,21,22). The molecule has 128 valence electrons. The highest BCUT2D eigenvalue weighted by Gasteiger charge is 2.31. The number of ether oxygens (including phenoxy) is 2. The zero-order valence-electron chi connectivity index (χ0n) is 11.8. The fraction of sp³-hybridized carbons (Fsp3) is 0.133. The number of alkyl halides is 5. The molecule has 0 fully saturated rings. The first-order chi connectivity index (χ1) is 11.2. The highest BCUT2D eigenvalue weighted by molar-refractivity contribution is 6.05. The van der Waals surface area contributed by atoms with E-state index in [0.29, 0.717) is 0 Å². The molecule has 2 aromatic carbocycles. The first-order valence-electron chi connectivity index (χ1n) is 6.45. The van der Waals surface area contributed by atoms with Crippen LogP contribution in [0.15, 0.2) is 48.5 Å². The molecule has 0 atom stereocenters. The van der Waals surface area contributed by atoms with Crippen molar-refractivity contribution in [2.75, 3.05) is 5.32 Å². The van der Waals surface area contributed by atoms with E-state index in [1.165, 1.54) is 24.3 Å². The van der Waals surface area contributed by atoms with Crippen LogP contribution in [0.3, 0.4) is 0 Å². The molecule has 4 nitrogen and oxygen atoms in total. The second-order valence-corrected chi connectivity index (χ2v) is 4.40. The molecule has 0 aromatic heterocycles. The molecule has 1 amide bonds. The predicted molar refractivity (Wildman–Crippen MR) is 74.2 cm³/mol. The summed E-state index contributed by atoms with van der Waals surface area (Å²) in [6, 6.07) is 9.65. The van der Waals surface area contributed by atoms with Crippen molar-refractivity contribution in [2.45, 2.75) is 13.0 Å². The van der Waals surface area contributed by atoms with Crippen molar-refractivity contribution in [2.24, 2.45) is 0 Å². The summed E-state index contributed by atoms with van der Waals surface area (Å²) in [5.41, 5.74) is 0.00907. The van der Waals surface area contributed by atoms with Crippen LogP contribution in [0.4, 0.5) is 27.6 Å². The van der Waals surface area contributed by atoms with Crippen LogP contribution in [0.2, 0.25) is 0 Å². The van der Waals surface area contributed by atoms with Gasteiger partial charge in [-0.05, 0) is 36.4 Å². The Labute approximate surface area is 132 Å². The minimum atomic E-state index is -4.84. The van der Waals surface area contributed by atoms with Gasteiger partial charge in [0.2, 0.25) is 0 Å².